The van der Waals surface area contributed by atoms with Gasteiger partial charge in [-0.25, -0.2) is 23.9 Å². The number of fused-ring (bicyclic) bond motifs is 15. The number of hydrogen-bond acceptors (Lipinski definition) is 5. The highest BCUT2D eigenvalue weighted by atomic mass is 16.3. The summed E-state index contributed by atoms with van der Waals surface area (Å²) < 4.78 is 2.43. The Morgan fingerprint density at radius 1 is 1.00 bits per heavy atom. The molecule has 1 heterocycles. The smallest absolute Gasteiger partial charge is 0.347 e. The third kappa shape index (κ3) is 1.18. The molecule has 5 aliphatic rings. The van der Waals surface area contributed by atoms with Crippen LogP contribution >= 0.6 is 0 Å². The van der Waals surface area contributed by atoms with Gasteiger partial charge in [0.05, 0.1) is 0 Å². The molecule has 0 aliphatic heterocycles. The highest BCUT2D eigenvalue weighted by molar-refractivity contribution is 6.06. The predicted molar refractivity (Wildman–Crippen MR) is 110 cm³/mol. The number of benzene rings is 1. The average Bonchev–Trinajstić information content (AvgIpc) is 3.51. The number of H-pyrrole nitrogens is 1. The molecule has 0 saturated heterocycles. The van der Waals surface area contributed by atoms with E-state index in [2.05, 4.69) is 5.10 Å². The van der Waals surface area contributed by atoms with Crippen LogP contribution in [-0.2, 0) is 27.6 Å². The second kappa shape index (κ2) is 4.51. The van der Waals surface area contributed by atoms with Gasteiger partial charge in [0.25, 0.3) is 0 Å². The second-order valence-electron chi connectivity index (χ2n) is 11.3. The summed E-state index contributed by atoms with van der Waals surface area (Å²) in [5.41, 5.74) is -4.44. The molecule has 2 aromatic rings. The summed E-state index contributed by atoms with van der Waals surface area (Å²) in [5.74, 6) is -2.55. The number of Topliss-reactive ketones (excluding diaryl/α,β-unsaturated/α-hetero) is 2. The molecule has 0 amide bonds. The third-order valence-electron chi connectivity index (χ3n) is 11.1. The largest absolute Gasteiger partial charge is 0.386 e. The van der Waals surface area contributed by atoms with Gasteiger partial charge in [-0.1, -0.05) is 37.3 Å². The first kappa shape index (κ1) is 17.8. The number of aromatic nitrogens is 3. The Kier molecular flexibility index (Phi) is 2.50. The maximum Gasteiger partial charge on any atom is 0.347 e. The minimum absolute atomic E-state index is 0.128. The SMILES string of the molecule is Cn1c(=O)[nH]n([C@@]23[C@H]4C[C@@H]5[C@H]6C(=O)[C@H]7[C@H](C(=O)[C@H]64)[C@@]2(c2ccccc2)C[C@]7(C)[C@@]53O)c1=O. The minimum Gasteiger partial charge on any atom is -0.386 e. The number of nitrogens with one attached hydrogen (secondary N) is 1. The lowest BCUT2D eigenvalue weighted by Crippen LogP contribution is -2.85. The molecule has 5 fully saturated rings. The van der Waals surface area contributed by atoms with Crippen LogP contribution in [0.2, 0.25) is 0 Å². The van der Waals surface area contributed by atoms with Crippen LogP contribution in [0, 0.1) is 40.9 Å². The molecule has 1 aromatic carbocycles. The summed E-state index contributed by atoms with van der Waals surface area (Å²) in [6, 6.07) is 9.62. The van der Waals surface area contributed by atoms with Crippen LogP contribution in [0.15, 0.2) is 39.9 Å². The van der Waals surface area contributed by atoms with Crippen molar-refractivity contribution >= 4 is 11.6 Å². The lowest BCUT2D eigenvalue weighted by atomic mass is 9.33. The summed E-state index contributed by atoms with van der Waals surface area (Å²) in [5, 5.41) is 15.6. The molecule has 8 heteroatoms. The quantitative estimate of drug-likeness (QED) is 0.645. The molecule has 5 aliphatic carbocycles. The van der Waals surface area contributed by atoms with Gasteiger partial charge >= 0.3 is 11.4 Å². The van der Waals surface area contributed by atoms with Gasteiger partial charge in [0.2, 0.25) is 0 Å². The van der Waals surface area contributed by atoms with Crippen molar-refractivity contribution in [1.29, 1.82) is 0 Å². The van der Waals surface area contributed by atoms with Gasteiger partial charge in [-0.3, -0.25) is 9.59 Å². The summed E-state index contributed by atoms with van der Waals surface area (Å²) in [7, 11) is 1.43. The Labute approximate surface area is 182 Å². The lowest BCUT2D eigenvalue weighted by molar-refractivity contribution is -0.269. The summed E-state index contributed by atoms with van der Waals surface area (Å²) in [6.07, 6.45) is 0.972. The van der Waals surface area contributed by atoms with Crippen molar-refractivity contribution in [3.8, 4) is 0 Å². The van der Waals surface area contributed by atoms with Crippen LogP contribution in [0.4, 0.5) is 0 Å². The van der Waals surface area contributed by atoms with E-state index in [9.17, 15) is 24.3 Å². The summed E-state index contributed by atoms with van der Waals surface area (Å²) in [6.45, 7) is 1.95. The molecular formula is C24H23N3O5. The molecule has 0 unspecified atom stereocenters. The highest BCUT2D eigenvalue weighted by Gasteiger charge is 3.01. The Bertz CT molecular complexity index is 1420. The predicted octanol–water partition coefficient (Wildman–Crippen LogP) is -0.0570. The van der Waals surface area contributed by atoms with Crippen LogP contribution in [0.1, 0.15) is 25.3 Å². The lowest BCUT2D eigenvalue weighted by Gasteiger charge is -2.71. The zero-order valence-electron chi connectivity index (χ0n) is 17.7. The number of hydrogen-bond donors (Lipinski definition) is 2. The topological polar surface area (TPSA) is 114 Å². The van der Waals surface area contributed by atoms with Crippen molar-refractivity contribution in [1.82, 2.24) is 14.3 Å². The number of ketones is 2. The van der Waals surface area contributed by atoms with Crippen LogP contribution < -0.4 is 11.4 Å². The van der Waals surface area contributed by atoms with Gasteiger partial charge in [-0.05, 0) is 24.3 Å². The van der Waals surface area contributed by atoms with Gasteiger partial charge in [0.15, 0.2) is 0 Å². The molecule has 164 valence electrons. The van der Waals surface area contributed by atoms with E-state index < -0.39 is 57.0 Å². The van der Waals surface area contributed by atoms with Crippen LogP contribution in [-0.4, -0.2) is 36.6 Å². The Hall–Kier alpha value is -2.74. The Balaban J connectivity index is 1.62. The molecule has 1 aromatic heterocycles. The summed E-state index contributed by atoms with van der Waals surface area (Å²) in [4.78, 5) is 53.8. The Morgan fingerprint density at radius 2 is 1.66 bits per heavy atom. The molecule has 2 N–H and O–H groups in total. The maximum atomic E-state index is 14.0. The fraction of sp³-hybridized carbons (Fsp3) is 0.583. The van der Waals surface area contributed by atoms with E-state index in [0.29, 0.717) is 12.8 Å². The molecule has 5 saturated carbocycles. The molecule has 4 bridgehead atoms. The third-order valence-corrected chi connectivity index (χ3v) is 11.1. The fourth-order valence-corrected chi connectivity index (χ4v) is 10.7. The van der Waals surface area contributed by atoms with Gasteiger partial charge in [-0.2, -0.15) is 0 Å². The number of carbonyl (C=O) groups excluding carboxylic acids is 2. The van der Waals surface area contributed by atoms with Crippen molar-refractivity contribution in [2.75, 3.05) is 0 Å². The fourth-order valence-electron chi connectivity index (χ4n) is 10.7. The van der Waals surface area contributed by atoms with E-state index in [1.165, 1.54) is 11.7 Å². The molecule has 8 nitrogen and oxygen atoms in total. The van der Waals surface area contributed by atoms with Crippen molar-refractivity contribution in [3.05, 3.63) is 56.9 Å². The minimum atomic E-state index is -1.36. The maximum absolute atomic E-state index is 14.0. The molecule has 7 rings (SSSR count). The van der Waals surface area contributed by atoms with Crippen LogP contribution in [0.5, 0.6) is 0 Å². The van der Waals surface area contributed by atoms with E-state index in [1.807, 2.05) is 37.3 Å². The number of rotatable bonds is 2. The highest BCUT2D eigenvalue weighted by Crippen LogP contribution is 2.92. The summed E-state index contributed by atoms with van der Waals surface area (Å²) >= 11 is 0. The monoisotopic (exact) mass is 433 g/mol. The van der Waals surface area contributed by atoms with E-state index in [0.717, 1.165) is 10.1 Å². The van der Waals surface area contributed by atoms with Crippen molar-refractivity contribution in [2.24, 2.45) is 48.0 Å². The molecule has 0 spiro atoms. The van der Waals surface area contributed by atoms with Gasteiger partial charge in [0.1, 0.15) is 22.7 Å². The van der Waals surface area contributed by atoms with Gasteiger partial charge in [0, 0.05) is 47.5 Å². The van der Waals surface area contributed by atoms with Crippen molar-refractivity contribution in [3.63, 3.8) is 0 Å². The Morgan fingerprint density at radius 3 is 2.31 bits per heavy atom. The number of carbonyl (C=O) groups is 2. The molecule has 0 radical (unpaired) electrons. The number of nitrogens with zero attached hydrogens (tertiary/aromatic N) is 2. The molecule has 10 atom stereocenters. The van der Waals surface area contributed by atoms with E-state index in [1.54, 1.807) is 0 Å². The first-order valence-corrected chi connectivity index (χ1v) is 11.4. The first-order chi connectivity index (χ1) is 15.2. The second-order valence-corrected chi connectivity index (χ2v) is 11.3. The van der Waals surface area contributed by atoms with Crippen molar-refractivity contribution < 1.29 is 14.7 Å². The first-order valence-electron chi connectivity index (χ1n) is 11.4. The zero-order valence-corrected chi connectivity index (χ0v) is 17.7. The van der Waals surface area contributed by atoms with Gasteiger partial charge in [-0.15, -0.1) is 0 Å². The van der Waals surface area contributed by atoms with E-state index in [4.69, 9.17) is 0 Å². The van der Waals surface area contributed by atoms with Crippen molar-refractivity contribution in [2.45, 2.75) is 36.3 Å². The normalized spacial score (nSPS) is 52.8. The number of aliphatic hydroxyl groups is 1. The average molecular weight is 433 g/mol. The molecule has 32 heavy (non-hydrogen) atoms. The van der Waals surface area contributed by atoms with Gasteiger partial charge < -0.3 is 5.11 Å². The zero-order chi connectivity index (χ0) is 22.2. The van der Waals surface area contributed by atoms with E-state index in [-0.39, 0.29) is 23.4 Å². The standard InChI is InChI=1S/C24H23N3O5/c1-21-9-22(10-6-4-3-5-7-10)16-15(21)17(28)14-12-8-11(13(14)18(16)29)23(22,24(12,21)32)27-20(31)26(2)19(30)25-27/h3-7,11-16,32H,8-9H2,1-2H3,(H,25,30)/t11-,12+,13-,14+,15+,16+,21-,22-,23-,24-/m0/s1. The van der Waals surface area contributed by atoms with E-state index >= 15 is 0 Å². The van der Waals surface area contributed by atoms with Crippen LogP contribution in [0.25, 0.3) is 0 Å². The molecular weight excluding hydrogens is 410 g/mol. The number of aromatic amines is 1. The van der Waals surface area contributed by atoms with Crippen LogP contribution in [0.3, 0.4) is 0 Å².